The van der Waals surface area contributed by atoms with Crippen molar-refractivity contribution in [2.45, 2.75) is 13.8 Å². The highest BCUT2D eigenvalue weighted by Gasteiger charge is 2.10. The average Bonchev–Trinajstić information content (AvgIpc) is 2.40. The van der Waals surface area contributed by atoms with Crippen molar-refractivity contribution in [3.05, 3.63) is 66.7 Å². The number of halogens is 2. The second-order valence-electron chi connectivity index (χ2n) is 4.16. The summed E-state index contributed by atoms with van der Waals surface area (Å²) in [5.41, 5.74) is 5.23. The van der Waals surface area contributed by atoms with Crippen molar-refractivity contribution in [2.24, 2.45) is 0 Å². The highest BCUT2D eigenvalue weighted by Crippen LogP contribution is 2.33. The van der Waals surface area contributed by atoms with Crippen molar-refractivity contribution in [2.75, 3.05) is 0 Å². The normalized spacial score (nSPS) is 15.9. The van der Waals surface area contributed by atoms with Gasteiger partial charge in [-0.3, -0.25) is 0 Å². The Balaban J connectivity index is 2.53. The molecule has 1 aromatic carbocycles. The SMILES string of the molecule is CC1=CC(I)=C(c2ccc(C)cc2I)[CH]C=C1. The largest absolute Gasteiger partial charge is 0.0758 e. The zero-order chi connectivity index (χ0) is 12.4. The Labute approximate surface area is 130 Å². The van der Waals surface area contributed by atoms with Crippen LogP contribution in [0, 0.1) is 16.9 Å². The van der Waals surface area contributed by atoms with E-state index in [-0.39, 0.29) is 0 Å². The monoisotopic (exact) mass is 447 g/mol. The van der Waals surface area contributed by atoms with Crippen LogP contribution < -0.4 is 0 Å². The molecule has 1 aromatic rings. The summed E-state index contributed by atoms with van der Waals surface area (Å²) in [6.07, 6.45) is 8.70. The van der Waals surface area contributed by atoms with Crippen LogP contribution in [0.2, 0.25) is 0 Å². The molecular weight excluding hydrogens is 434 g/mol. The summed E-state index contributed by atoms with van der Waals surface area (Å²) >= 11 is 4.83. The minimum absolute atomic E-state index is 1.29. The Morgan fingerprint density at radius 2 is 1.82 bits per heavy atom. The van der Waals surface area contributed by atoms with Gasteiger partial charge >= 0.3 is 0 Å². The minimum atomic E-state index is 1.29. The van der Waals surface area contributed by atoms with Crippen LogP contribution in [-0.2, 0) is 0 Å². The van der Waals surface area contributed by atoms with Gasteiger partial charge in [0.1, 0.15) is 0 Å². The molecule has 0 unspecified atom stereocenters. The lowest BCUT2D eigenvalue weighted by Crippen LogP contribution is -1.91. The van der Waals surface area contributed by atoms with Crippen molar-refractivity contribution in [1.82, 2.24) is 0 Å². The third-order valence-electron chi connectivity index (χ3n) is 2.65. The molecule has 0 atom stereocenters. The fraction of sp³-hybridized carbons (Fsp3) is 0.133. The summed E-state index contributed by atoms with van der Waals surface area (Å²) in [6.45, 7) is 4.26. The fourth-order valence-electron chi connectivity index (χ4n) is 1.76. The summed E-state index contributed by atoms with van der Waals surface area (Å²) in [6, 6.07) is 6.61. The van der Waals surface area contributed by atoms with Crippen molar-refractivity contribution in [3.63, 3.8) is 0 Å². The molecule has 0 fully saturated rings. The van der Waals surface area contributed by atoms with E-state index in [1.807, 2.05) is 0 Å². The van der Waals surface area contributed by atoms with Gasteiger partial charge in [0.25, 0.3) is 0 Å². The van der Waals surface area contributed by atoms with Gasteiger partial charge in [-0.25, -0.2) is 0 Å². The van der Waals surface area contributed by atoms with E-state index in [1.165, 1.54) is 29.4 Å². The average molecular weight is 447 g/mol. The molecule has 0 spiro atoms. The molecule has 0 aromatic heterocycles. The van der Waals surface area contributed by atoms with E-state index >= 15 is 0 Å². The highest BCUT2D eigenvalue weighted by molar-refractivity contribution is 14.1. The molecule has 0 bridgehead atoms. The third kappa shape index (κ3) is 3.22. The summed E-state index contributed by atoms with van der Waals surface area (Å²) in [7, 11) is 0. The van der Waals surface area contributed by atoms with E-state index in [9.17, 15) is 0 Å². The van der Waals surface area contributed by atoms with Crippen molar-refractivity contribution in [1.29, 1.82) is 0 Å². The van der Waals surface area contributed by atoms with Crippen LogP contribution in [-0.4, -0.2) is 0 Å². The molecule has 87 valence electrons. The van der Waals surface area contributed by atoms with Gasteiger partial charge in [0.05, 0.1) is 0 Å². The first kappa shape index (κ1) is 13.3. The summed E-state index contributed by atoms with van der Waals surface area (Å²) in [4.78, 5) is 0. The molecule has 0 aliphatic heterocycles. The van der Waals surface area contributed by atoms with E-state index in [1.54, 1.807) is 0 Å². The van der Waals surface area contributed by atoms with Crippen molar-refractivity contribution in [3.8, 4) is 0 Å². The number of hydrogen-bond donors (Lipinski definition) is 0. The standard InChI is InChI=1S/C15H13I2/c1-10-4-3-5-12(14(16)8-10)13-7-6-11(2)9-15(13)17/h3-9H,1-2H3. The minimum Gasteiger partial charge on any atom is -0.0758 e. The number of allylic oxidation sites excluding steroid dienone is 6. The number of aryl methyl sites for hydroxylation is 1. The molecule has 0 heterocycles. The highest BCUT2D eigenvalue weighted by atomic mass is 127. The lowest BCUT2D eigenvalue weighted by atomic mass is 10.0. The molecule has 1 radical (unpaired) electrons. The maximum atomic E-state index is 2.42. The van der Waals surface area contributed by atoms with Gasteiger partial charge in [0, 0.05) is 13.6 Å². The fourth-order valence-corrected chi connectivity index (χ4v) is 3.68. The van der Waals surface area contributed by atoms with Gasteiger partial charge in [-0.2, -0.15) is 0 Å². The van der Waals surface area contributed by atoms with Crippen molar-refractivity contribution >= 4 is 50.8 Å². The predicted molar refractivity (Wildman–Crippen MR) is 92.0 cm³/mol. The van der Waals surface area contributed by atoms with Gasteiger partial charge in [-0.1, -0.05) is 35.4 Å². The number of benzene rings is 1. The molecule has 1 aliphatic rings. The van der Waals surface area contributed by atoms with Crippen LogP contribution >= 0.6 is 45.2 Å². The summed E-state index contributed by atoms with van der Waals surface area (Å²) < 4.78 is 2.61. The van der Waals surface area contributed by atoms with Crippen LogP contribution in [0.5, 0.6) is 0 Å². The zero-order valence-corrected chi connectivity index (χ0v) is 14.1. The predicted octanol–water partition coefficient (Wildman–Crippen LogP) is 5.47. The van der Waals surface area contributed by atoms with E-state index in [0.717, 1.165) is 0 Å². The maximum Gasteiger partial charge on any atom is 0.0208 e. The zero-order valence-electron chi connectivity index (χ0n) is 9.80. The molecule has 0 nitrogen and oxygen atoms in total. The Morgan fingerprint density at radius 3 is 2.53 bits per heavy atom. The Kier molecular flexibility index (Phi) is 4.47. The van der Waals surface area contributed by atoms with E-state index in [2.05, 4.69) is 102 Å². The third-order valence-corrected chi connectivity index (χ3v) is 4.43. The Bertz CT molecular complexity index is 534. The Hall–Kier alpha value is -0.100. The van der Waals surface area contributed by atoms with Crippen LogP contribution in [0.3, 0.4) is 0 Å². The lowest BCUT2D eigenvalue weighted by Gasteiger charge is -2.09. The van der Waals surface area contributed by atoms with E-state index in [4.69, 9.17) is 0 Å². The smallest absolute Gasteiger partial charge is 0.0208 e. The Morgan fingerprint density at radius 1 is 1.06 bits per heavy atom. The second-order valence-corrected chi connectivity index (χ2v) is 6.48. The van der Waals surface area contributed by atoms with Gasteiger partial charge in [0.15, 0.2) is 0 Å². The molecule has 17 heavy (non-hydrogen) atoms. The van der Waals surface area contributed by atoms with Crippen LogP contribution in [0.4, 0.5) is 0 Å². The molecule has 0 saturated carbocycles. The molecule has 0 saturated heterocycles. The molecule has 1 aliphatic carbocycles. The number of hydrogen-bond acceptors (Lipinski definition) is 0. The molecule has 0 N–H and O–H groups in total. The lowest BCUT2D eigenvalue weighted by molar-refractivity contribution is 1.42. The van der Waals surface area contributed by atoms with E-state index < -0.39 is 0 Å². The second kappa shape index (κ2) is 5.69. The topological polar surface area (TPSA) is 0 Å². The first-order valence-corrected chi connectivity index (χ1v) is 7.59. The quantitative estimate of drug-likeness (QED) is 0.502. The summed E-state index contributed by atoms with van der Waals surface area (Å²) in [5.74, 6) is 0. The molecule has 2 rings (SSSR count). The van der Waals surface area contributed by atoms with Crippen LogP contribution in [0.15, 0.2) is 45.6 Å². The molecule has 2 heteroatoms. The molecule has 0 amide bonds. The molecular formula is C15H13I2. The van der Waals surface area contributed by atoms with E-state index in [0.29, 0.717) is 0 Å². The van der Waals surface area contributed by atoms with Crippen LogP contribution in [0.1, 0.15) is 18.1 Å². The van der Waals surface area contributed by atoms with Gasteiger partial charge in [-0.15, -0.1) is 0 Å². The van der Waals surface area contributed by atoms with Gasteiger partial charge < -0.3 is 0 Å². The van der Waals surface area contributed by atoms with Gasteiger partial charge in [-0.05, 0) is 82.3 Å². The number of rotatable bonds is 1. The van der Waals surface area contributed by atoms with Crippen molar-refractivity contribution < 1.29 is 0 Å². The van der Waals surface area contributed by atoms with Crippen LogP contribution in [0.25, 0.3) is 5.57 Å². The first-order chi connectivity index (χ1) is 8.08. The van der Waals surface area contributed by atoms with Gasteiger partial charge in [0.2, 0.25) is 0 Å². The maximum absolute atomic E-state index is 2.42. The summed E-state index contributed by atoms with van der Waals surface area (Å²) in [5, 5.41) is 0. The first-order valence-electron chi connectivity index (χ1n) is 5.44.